The van der Waals surface area contributed by atoms with Crippen LogP contribution >= 0.6 is 0 Å². The first kappa shape index (κ1) is 16.1. The first-order chi connectivity index (χ1) is 11.3. The molecule has 0 aliphatic carbocycles. The maximum Gasteiger partial charge on any atom is 0.337 e. The Hall–Kier alpha value is -2.77. The lowest BCUT2D eigenvalue weighted by molar-refractivity contribution is -0.136. The molecule has 3 heterocycles. The van der Waals surface area contributed by atoms with E-state index in [0.29, 0.717) is 5.70 Å². The van der Waals surface area contributed by atoms with Crippen LogP contribution in [0.4, 0.5) is 8.78 Å². The van der Waals surface area contributed by atoms with Gasteiger partial charge < -0.3 is 15.2 Å². The Kier molecular flexibility index (Phi) is 3.82. The predicted octanol–water partition coefficient (Wildman–Crippen LogP) is 2.11. The average Bonchev–Trinajstić information content (AvgIpc) is 2.85. The highest BCUT2D eigenvalue weighted by atomic mass is 19.1. The highest BCUT2D eigenvalue weighted by Crippen LogP contribution is 2.43. The molecule has 2 N–H and O–H groups in total. The molecule has 0 spiro atoms. The van der Waals surface area contributed by atoms with Gasteiger partial charge in [0.15, 0.2) is 0 Å². The fraction of sp³-hybridized carbons (Fsp3) is 0.312. The highest BCUT2D eigenvalue weighted by Gasteiger charge is 2.43. The molecule has 0 radical (unpaired) electrons. The molecular weight excluding hydrogens is 322 g/mol. The van der Waals surface area contributed by atoms with Gasteiger partial charge in [-0.1, -0.05) is 0 Å². The Labute approximate surface area is 135 Å². The number of aliphatic carboxylic acids is 1. The number of hydrogen-bond donors (Lipinski definition) is 2. The molecule has 0 fully saturated rings. The predicted molar refractivity (Wildman–Crippen MR) is 77.9 cm³/mol. The van der Waals surface area contributed by atoms with Crippen molar-refractivity contribution in [2.75, 3.05) is 6.61 Å². The first-order valence-electron chi connectivity index (χ1n) is 7.21. The lowest BCUT2D eigenvalue weighted by Gasteiger charge is -2.28. The second kappa shape index (κ2) is 5.70. The van der Waals surface area contributed by atoms with Crippen molar-refractivity contribution in [3.63, 3.8) is 0 Å². The smallest absolute Gasteiger partial charge is 0.337 e. The van der Waals surface area contributed by atoms with Crippen LogP contribution in [0.3, 0.4) is 0 Å². The van der Waals surface area contributed by atoms with Crippen molar-refractivity contribution in [1.29, 1.82) is 0 Å². The molecule has 126 valence electrons. The van der Waals surface area contributed by atoms with Gasteiger partial charge in [0.05, 0.1) is 29.0 Å². The normalized spacial score (nSPS) is 21.3. The van der Waals surface area contributed by atoms with E-state index in [1.165, 1.54) is 13.1 Å². The largest absolute Gasteiger partial charge is 0.478 e. The number of halogens is 2. The summed E-state index contributed by atoms with van der Waals surface area (Å²) < 4.78 is 33.1. The fourth-order valence-corrected chi connectivity index (χ4v) is 3.17. The number of dihydropyridines is 1. The van der Waals surface area contributed by atoms with Crippen LogP contribution in [0.25, 0.3) is 0 Å². The van der Waals surface area contributed by atoms with Crippen molar-refractivity contribution in [2.45, 2.75) is 25.9 Å². The lowest BCUT2D eigenvalue weighted by atomic mass is 9.79. The lowest BCUT2D eigenvalue weighted by Crippen LogP contribution is -2.30. The fourth-order valence-electron chi connectivity index (χ4n) is 3.17. The minimum atomic E-state index is -1.70. The number of carbonyl (C=O) groups excluding carboxylic acids is 1. The Balaban J connectivity index is 2.29. The Morgan fingerprint density at radius 2 is 2.21 bits per heavy atom. The molecule has 0 amide bonds. The number of aromatic nitrogens is 1. The molecule has 1 unspecified atom stereocenters. The second-order valence-corrected chi connectivity index (χ2v) is 5.61. The molecule has 24 heavy (non-hydrogen) atoms. The number of allylic oxidation sites excluding steroid dienone is 1. The zero-order valence-corrected chi connectivity index (χ0v) is 12.9. The number of nitrogens with one attached hydrogen (secondary N) is 1. The van der Waals surface area contributed by atoms with E-state index in [-0.39, 0.29) is 34.6 Å². The number of ether oxygens (including phenoxy) is 1. The molecule has 0 saturated heterocycles. The van der Waals surface area contributed by atoms with E-state index >= 15 is 0 Å². The van der Waals surface area contributed by atoms with E-state index in [1.807, 2.05) is 0 Å². The van der Waals surface area contributed by atoms with Crippen LogP contribution in [0.15, 0.2) is 34.9 Å². The summed E-state index contributed by atoms with van der Waals surface area (Å²) in [7, 11) is 0. The summed E-state index contributed by atoms with van der Waals surface area (Å²) in [6, 6.07) is 0. The van der Waals surface area contributed by atoms with Crippen molar-refractivity contribution >= 4 is 11.9 Å². The zero-order valence-electron chi connectivity index (χ0n) is 12.9. The molecular formula is C16H14F2N2O4. The van der Waals surface area contributed by atoms with Crippen LogP contribution in [0, 0.1) is 5.82 Å². The summed E-state index contributed by atoms with van der Waals surface area (Å²) in [5, 5.41) is 12.4. The number of esters is 1. The van der Waals surface area contributed by atoms with Gasteiger partial charge >= 0.3 is 11.9 Å². The third-order valence-corrected chi connectivity index (χ3v) is 4.12. The summed E-state index contributed by atoms with van der Waals surface area (Å²) in [4.78, 5) is 27.5. The van der Waals surface area contributed by atoms with E-state index in [2.05, 4.69) is 10.3 Å². The van der Waals surface area contributed by atoms with Crippen LogP contribution in [0.2, 0.25) is 0 Å². The second-order valence-electron chi connectivity index (χ2n) is 5.61. The Bertz CT molecular complexity index is 812. The van der Waals surface area contributed by atoms with E-state index < -0.39 is 29.8 Å². The zero-order chi connectivity index (χ0) is 17.6. The van der Waals surface area contributed by atoms with Gasteiger partial charge in [-0.05, 0) is 19.4 Å². The topological polar surface area (TPSA) is 88.5 Å². The summed E-state index contributed by atoms with van der Waals surface area (Å²) in [6.07, 6.45) is 0.348. The maximum absolute atomic E-state index is 14.1. The van der Waals surface area contributed by atoms with Crippen molar-refractivity contribution in [3.05, 3.63) is 51.9 Å². The number of cyclic esters (lactones) is 1. The van der Waals surface area contributed by atoms with E-state index in [9.17, 15) is 23.5 Å². The SMILES string of the molecule is CC1=C(C(=O)O)C(c2cncc(F)c2[C@@H](C)F)C2=C(COC2=O)N1. The van der Waals surface area contributed by atoms with Crippen LogP contribution < -0.4 is 5.32 Å². The summed E-state index contributed by atoms with van der Waals surface area (Å²) in [5.74, 6) is -4.05. The summed E-state index contributed by atoms with van der Waals surface area (Å²) in [5.41, 5.74) is 0.263. The third-order valence-electron chi connectivity index (χ3n) is 4.12. The van der Waals surface area contributed by atoms with Gasteiger partial charge in [-0.2, -0.15) is 0 Å². The van der Waals surface area contributed by atoms with Crippen LogP contribution in [-0.4, -0.2) is 28.6 Å². The number of carbonyl (C=O) groups is 2. The average molecular weight is 336 g/mol. The van der Waals surface area contributed by atoms with E-state index in [4.69, 9.17) is 4.74 Å². The van der Waals surface area contributed by atoms with E-state index in [0.717, 1.165) is 13.1 Å². The first-order valence-corrected chi connectivity index (χ1v) is 7.21. The van der Waals surface area contributed by atoms with E-state index in [1.54, 1.807) is 0 Å². The summed E-state index contributed by atoms with van der Waals surface area (Å²) in [6.45, 7) is 2.62. The number of rotatable bonds is 3. The highest BCUT2D eigenvalue weighted by molar-refractivity contribution is 6.00. The molecule has 8 heteroatoms. The number of carboxylic acid groups (broad SMARTS) is 1. The van der Waals surface area contributed by atoms with Crippen molar-refractivity contribution in [3.8, 4) is 0 Å². The molecule has 0 aromatic carbocycles. The molecule has 6 nitrogen and oxygen atoms in total. The van der Waals surface area contributed by atoms with Crippen LogP contribution in [0.5, 0.6) is 0 Å². The minimum Gasteiger partial charge on any atom is -0.478 e. The number of pyridine rings is 1. The van der Waals surface area contributed by atoms with Gasteiger partial charge in [0.2, 0.25) is 0 Å². The number of hydrogen-bond acceptors (Lipinski definition) is 5. The maximum atomic E-state index is 14.1. The number of alkyl halides is 1. The molecule has 2 aliphatic rings. The van der Waals surface area contributed by atoms with Gasteiger partial charge in [-0.3, -0.25) is 4.98 Å². The molecule has 2 aliphatic heterocycles. The minimum absolute atomic E-state index is 0.00889. The Morgan fingerprint density at radius 3 is 2.83 bits per heavy atom. The molecule has 3 rings (SSSR count). The Morgan fingerprint density at radius 1 is 1.50 bits per heavy atom. The monoisotopic (exact) mass is 336 g/mol. The van der Waals surface area contributed by atoms with Gasteiger partial charge in [0.1, 0.15) is 18.6 Å². The van der Waals surface area contributed by atoms with Gasteiger partial charge in [-0.15, -0.1) is 0 Å². The number of nitrogens with zero attached hydrogens (tertiary/aromatic N) is 1. The van der Waals surface area contributed by atoms with Gasteiger partial charge in [0.25, 0.3) is 0 Å². The van der Waals surface area contributed by atoms with Gasteiger partial charge in [-0.25, -0.2) is 18.4 Å². The quantitative estimate of drug-likeness (QED) is 0.822. The standard InChI is InChI=1S/C16H14F2N2O4/c1-6(17)11-8(3-19-4-9(11)18)13-12(15(21)22)7(2)20-10-5-24-16(23)14(10)13/h3-4,6,13,20H,5H2,1-2H3,(H,21,22)/t6-,13?/m1/s1. The molecule has 2 atom stereocenters. The van der Waals surface area contributed by atoms with Crippen LogP contribution in [0.1, 0.15) is 37.1 Å². The summed E-state index contributed by atoms with van der Waals surface area (Å²) >= 11 is 0. The van der Waals surface area contributed by atoms with Crippen molar-refractivity contribution in [1.82, 2.24) is 10.3 Å². The van der Waals surface area contributed by atoms with Gasteiger partial charge in [0, 0.05) is 17.5 Å². The van der Waals surface area contributed by atoms with Crippen molar-refractivity contribution in [2.24, 2.45) is 0 Å². The molecule has 1 aromatic rings. The molecule has 0 saturated carbocycles. The van der Waals surface area contributed by atoms with Crippen molar-refractivity contribution < 1.29 is 28.2 Å². The molecule has 1 aromatic heterocycles. The molecule has 0 bridgehead atoms. The third kappa shape index (κ3) is 2.34. The van der Waals surface area contributed by atoms with Crippen LogP contribution in [-0.2, 0) is 14.3 Å². The number of carboxylic acids is 1.